The highest BCUT2D eigenvalue weighted by molar-refractivity contribution is 5.36. The molecule has 0 bridgehead atoms. The molecule has 0 saturated carbocycles. The van der Waals surface area contributed by atoms with Crippen molar-refractivity contribution in [3.05, 3.63) is 47.3 Å². The number of aromatic nitrogens is 2. The first-order valence-corrected chi connectivity index (χ1v) is 7.49. The van der Waals surface area contributed by atoms with Gasteiger partial charge in [-0.2, -0.15) is 5.10 Å². The van der Waals surface area contributed by atoms with Crippen LogP contribution >= 0.6 is 0 Å². The lowest BCUT2D eigenvalue weighted by Crippen LogP contribution is -2.36. The molecule has 1 aromatic heterocycles. The smallest absolute Gasteiger partial charge is 0.0648 e. The summed E-state index contributed by atoms with van der Waals surface area (Å²) in [5, 5.41) is 17.5. The van der Waals surface area contributed by atoms with E-state index in [1.54, 1.807) is 0 Å². The van der Waals surface area contributed by atoms with Gasteiger partial charge >= 0.3 is 0 Å². The fourth-order valence-corrected chi connectivity index (χ4v) is 2.50. The van der Waals surface area contributed by atoms with Crippen LogP contribution in [0, 0.1) is 19.8 Å². The number of benzene rings is 1. The number of nitrogens with zero attached hydrogens (tertiary/aromatic N) is 2. The quantitative estimate of drug-likeness (QED) is 0.858. The maximum atomic E-state index is 9.41. The molecule has 0 aliphatic rings. The van der Waals surface area contributed by atoms with Gasteiger partial charge in [-0.1, -0.05) is 32.0 Å². The highest BCUT2D eigenvalue weighted by atomic mass is 16.3. The summed E-state index contributed by atoms with van der Waals surface area (Å²) in [6.45, 7) is 9.23. The zero-order valence-electron chi connectivity index (χ0n) is 13.3. The molecular weight excluding hydrogens is 262 g/mol. The number of para-hydroxylation sites is 1. The molecule has 0 radical (unpaired) electrons. The van der Waals surface area contributed by atoms with Gasteiger partial charge in [0, 0.05) is 23.8 Å². The van der Waals surface area contributed by atoms with Gasteiger partial charge in [0.15, 0.2) is 0 Å². The molecule has 0 amide bonds. The van der Waals surface area contributed by atoms with Crippen LogP contribution in [0.15, 0.2) is 30.3 Å². The molecule has 1 atom stereocenters. The fourth-order valence-electron chi connectivity index (χ4n) is 2.50. The number of aliphatic hydroxyl groups excluding tert-OH is 1. The fraction of sp³-hybridized carbons (Fsp3) is 0.471. The van der Waals surface area contributed by atoms with Crippen LogP contribution in [0.4, 0.5) is 0 Å². The molecule has 2 N–H and O–H groups in total. The third-order valence-electron chi connectivity index (χ3n) is 3.98. The van der Waals surface area contributed by atoms with E-state index in [0.717, 1.165) is 23.6 Å². The van der Waals surface area contributed by atoms with Gasteiger partial charge in [0.25, 0.3) is 0 Å². The number of hydrogen-bond acceptors (Lipinski definition) is 3. The van der Waals surface area contributed by atoms with E-state index in [9.17, 15) is 5.11 Å². The van der Waals surface area contributed by atoms with E-state index < -0.39 is 0 Å². The molecule has 4 heteroatoms. The Balaban J connectivity index is 2.20. The Morgan fingerprint density at radius 3 is 2.43 bits per heavy atom. The van der Waals surface area contributed by atoms with Crippen molar-refractivity contribution in [2.45, 2.75) is 40.3 Å². The van der Waals surface area contributed by atoms with Gasteiger partial charge in [-0.15, -0.1) is 0 Å². The molecule has 21 heavy (non-hydrogen) atoms. The van der Waals surface area contributed by atoms with Crippen molar-refractivity contribution >= 4 is 0 Å². The summed E-state index contributed by atoms with van der Waals surface area (Å²) in [5.41, 5.74) is 4.46. The van der Waals surface area contributed by atoms with E-state index in [0.29, 0.717) is 5.92 Å². The Morgan fingerprint density at radius 2 is 1.86 bits per heavy atom. The molecule has 0 aliphatic heterocycles. The minimum atomic E-state index is 0.115. The standard InChI is InChI=1S/C17H25N3O/c1-12(2)17(11-21)18-10-16-13(3)19-20(14(16)4)15-8-6-5-7-9-15/h5-9,12,17-18,21H,10-11H2,1-4H3/t17-/m1/s1. The summed E-state index contributed by atoms with van der Waals surface area (Å²) in [6.07, 6.45) is 0. The van der Waals surface area contributed by atoms with E-state index in [1.807, 2.05) is 29.8 Å². The Hall–Kier alpha value is -1.65. The Morgan fingerprint density at radius 1 is 1.19 bits per heavy atom. The van der Waals surface area contributed by atoms with Crippen LogP contribution in [0.25, 0.3) is 5.69 Å². The summed E-state index contributed by atoms with van der Waals surface area (Å²) < 4.78 is 1.98. The summed E-state index contributed by atoms with van der Waals surface area (Å²) in [5.74, 6) is 0.403. The Kier molecular flexibility index (Phi) is 5.15. The third kappa shape index (κ3) is 3.52. The molecule has 0 unspecified atom stereocenters. The van der Waals surface area contributed by atoms with E-state index in [4.69, 9.17) is 0 Å². The predicted molar refractivity (Wildman–Crippen MR) is 85.6 cm³/mol. The van der Waals surface area contributed by atoms with Gasteiger partial charge in [0.2, 0.25) is 0 Å². The zero-order chi connectivity index (χ0) is 15.4. The van der Waals surface area contributed by atoms with Crippen LogP contribution in [0.3, 0.4) is 0 Å². The van der Waals surface area contributed by atoms with Crippen molar-refractivity contribution in [3.8, 4) is 5.69 Å². The number of hydrogen-bond donors (Lipinski definition) is 2. The van der Waals surface area contributed by atoms with Gasteiger partial charge in [-0.3, -0.25) is 0 Å². The molecule has 0 saturated heterocycles. The summed E-state index contributed by atoms with van der Waals surface area (Å²) >= 11 is 0. The molecule has 1 aromatic carbocycles. The van der Waals surface area contributed by atoms with Gasteiger partial charge in [0.05, 0.1) is 18.0 Å². The second-order valence-corrected chi connectivity index (χ2v) is 5.81. The SMILES string of the molecule is Cc1nn(-c2ccccc2)c(C)c1CN[C@H](CO)C(C)C. The number of aliphatic hydroxyl groups is 1. The van der Waals surface area contributed by atoms with Crippen LogP contribution in [0.5, 0.6) is 0 Å². The van der Waals surface area contributed by atoms with Gasteiger partial charge in [0.1, 0.15) is 0 Å². The molecule has 1 heterocycles. The summed E-state index contributed by atoms with van der Waals surface area (Å²) in [7, 11) is 0. The maximum Gasteiger partial charge on any atom is 0.0648 e. The lowest BCUT2D eigenvalue weighted by atomic mass is 10.0. The third-order valence-corrected chi connectivity index (χ3v) is 3.98. The highest BCUT2D eigenvalue weighted by Gasteiger charge is 2.16. The predicted octanol–water partition coefficient (Wildman–Crippen LogP) is 2.60. The van der Waals surface area contributed by atoms with Crippen molar-refractivity contribution < 1.29 is 5.11 Å². The first-order chi connectivity index (χ1) is 10.0. The molecular formula is C17H25N3O. The number of rotatable bonds is 6. The normalized spacial score (nSPS) is 12.9. The minimum Gasteiger partial charge on any atom is -0.395 e. The number of nitrogens with one attached hydrogen (secondary N) is 1. The molecule has 0 spiro atoms. The van der Waals surface area contributed by atoms with E-state index >= 15 is 0 Å². The molecule has 4 nitrogen and oxygen atoms in total. The van der Waals surface area contributed by atoms with Crippen molar-refractivity contribution in [1.82, 2.24) is 15.1 Å². The summed E-state index contributed by atoms with van der Waals surface area (Å²) in [6, 6.07) is 10.3. The van der Waals surface area contributed by atoms with Crippen LogP contribution in [-0.4, -0.2) is 27.5 Å². The van der Waals surface area contributed by atoms with Crippen molar-refractivity contribution in [3.63, 3.8) is 0 Å². The topological polar surface area (TPSA) is 50.1 Å². The van der Waals surface area contributed by atoms with Gasteiger partial charge < -0.3 is 10.4 Å². The maximum absolute atomic E-state index is 9.41. The van der Waals surface area contributed by atoms with E-state index in [-0.39, 0.29) is 12.6 Å². The van der Waals surface area contributed by atoms with Crippen LogP contribution in [-0.2, 0) is 6.54 Å². The first kappa shape index (κ1) is 15.7. The van der Waals surface area contributed by atoms with Gasteiger partial charge in [-0.05, 0) is 31.9 Å². The second kappa shape index (κ2) is 6.87. The van der Waals surface area contributed by atoms with Crippen LogP contribution in [0.1, 0.15) is 30.8 Å². The minimum absolute atomic E-state index is 0.115. The van der Waals surface area contributed by atoms with Crippen molar-refractivity contribution in [2.24, 2.45) is 5.92 Å². The highest BCUT2D eigenvalue weighted by Crippen LogP contribution is 2.18. The van der Waals surface area contributed by atoms with Crippen molar-refractivity contribution in [2.75, 3.05) is 6.61 Å². The Bertz CT molecular complexity index is 575. The lowest BCUT2D eigenvalue weighted by molar-refractivity contribution is 0.210. The number of aryl methyl sites for hydroxylation is 1. The molecule has 114 valence electrons. The molecule has 2 rings (SSSR count). The van der Waals surface area contributed by atoms with E-state index in [2.05, 4.69) is 43.3 Å². The average molecular weight is 287 g/mol. The lowest BCUT2D eigenvalue weighted by Gasteiger charge is -2.20. The molecule has 0 aliphatic carbocycles. The van der Waals surface area contributed by atoms with Crippen molar-refractivity contribution in [1.29, 1.82) is 0 Å². The monoisotopic (exact) mass is 287 g/mol. The van der Waals surface area contributed by atoms with Crippen LogP contribution in [0.2, 0.25) is 0 Å². The van der Waals surface area contributed by atoms with Gasteiger partial charge in [-0.25, -0.2) is 4.68 Å². The largest absolute Gasteiger partial charge is 0.395 e. The zero-order valence-corrected chi connectivity index (χ0v) is 13.3. The second-order valence-electron chi connectivity index (χ2n) is 5.81. The molecule has 2 aromatic rings. The Labute approximate surface area is 126 Å². The van der Waals surface area contributed by atoms with E-state index in [1.165, 1.54) is 5.56 Å². The van der Waals surface area contributed by atoms with Crippen LogP contribution < -0.4 is 5.32 Å². The molecule has 0 fully saturated rings. The summed E-state index contributed by atoms with van der Waals surface area (Å²) in [4.78, 5) is 0. The average Bonchev–Trinajstić information content (AvgIpc) is 2.76. The first-order valence-electron chi connectivity index (χ1n) is 7.49.